The largest absolute Gasteiger partial charge is 0.465 e. The topological polar surface area (TPSA) is 52.6 Å². The molecule has 0 saturated heterocycles. The molecule has 0 N–H and O–H groups in total. The molecule has 3 atom stereocenters. The molecule has 0 aromatic heterocycles. The van der Waals surface area contributed by atoms with Gasteiger partial charge in [0.15, 0.2) is 5.41 Å². The van der Waals surface area contributed by atoms with Crippen molar-refractivity contribution in [2.75, 3.05) is 13.2 Å². The van der Waals surface area contributed by atoms with E-state index in [1.807, 2.05) is 0 Å². The molecule has 3 aliphatic rings. The lowest BCUT2D eigenvalue weighted by Gasteiger charge is -2.53. The molecule has 4 heteroatoms. The Labute approximate surface area is 138 Å². The van der Waals surface area contributed by atoms with Gasteiger partial charge in [-0.05, 0) is 57.3 Å². The highest BCUT2D eigenvalue weighted by atomic mass is 16.6. The Morgan fingerprint density at radius 3 is 2.39 bits per heavy atom. The molecule has 2 fully saturated rings. The van der Waals surface area contributed by atoms with Crippen LogP contribution in [0.5, 0.6) is 0 Å². The molecule has 0 spiro atoms. The number of hydrogen-bond acceptors (Lipinski definition) is 4. The van der Waals surface area contributed by atoms with Crippen LogP contribution >= 0.6 is 0 Å². The van der Waals surface area contributed by atoms with Gasteiger partial charge in [0.1, 0.15) is 0 Å². The summed E-state index contributed by atoms with van der Waals surface area (Å²) in [6.07, 6.45) is 9.40. The van der Waals surface area contributed by atoms with Gasteiger partial charge in [0.2, 0.25) is 0 Å². The monoisotopic (exact) mass is 320 g/mol. The zero-order chi connectivity index (χ0) is 16.4. The van der Waals surface area contributed by atoms with Crippen LogP contribution in [0.15, 0.2) is 11.6 Å². The first-order chi connectivity index (χ1) is 11.1. The smallest absolute Gasteiger partial charge is 0.323 e. The third kappa shape index (κ3) is 2.60. The number of carbonyl (C=O) groups is 2. The quantitative estimate of drug-likeness (QED) is 0.451. The minimum Gasteiger partial charge on any atom is -0.465 e. The SMILES string of the molecule is CCOC(=O)C1(C(=O)OCC)CCC2=CC3CCCCCC1C23. The lowest BCUT2D eigenvalue weighted by Crippen LogP contribution is -2.56. The van der Waals surface area contributed by atoms with Crippen LogP contribution in [0.3, 0.4) is 0 Å². The average Bonchev–Trinajstić information content (AvgIpc) is 2.48. The second-order valence-corrected chi connectivity index (χ2v) is 7.09. The van der Waals surface area contributed by atoms with Gasteiger partial charge in [0.05, 0.1) is 13.2 Å². The normalized spacial score (nSPS) is 31.6. The van der Waals surface area contributed by atoms with Gasteiger partial charge >= 0.3 is 11.9 Å². The molecule has 0 aromatic carbocycles. The van der Waals surface area contributed by atoms with Crippen molar-refractivity contribution in [1.82, 2.24) is 0 Å². The first-order valence-electron chi connectivity index (χ1n) is 9.20. The molecule has 128 valence electrons. The fourth-order valence-corrected chi connectivity index (χ4v) is 5.01. The average molecular weight is 320 g/mol. The van der Waals surface area contributed by atoms with E-state index in [-0.39, 0.29) is 17.9 Å². The summed E-state index contributed by atoms with van der Waals surface area (Å²) >= 11 is 0. The second kappa shape index (κ2) is 6.66. The van der Waals surface area contributed by atoms with Gasteiger partial charge in [-0.25, -0.2) is 0 Å². The van der Waals surface area contributed by atoms with E-state index in [1.165, 1.54) is 24.8 Å². The van der Waals surface area contributed by atoms with Gasteiger partial charge in [-0.3, -0.25) is 9.59 Å². The van der Waals surface area contributed by atoms with E-state index in [1.54, 1.807) is 13.8 Å². The Kier molecular flexibility index (Phi) is 4.79. The van der Waals surface area contributed by atoms with E-state index in [0.29, 0.717) is 31.5 Å². The molecule has 2 saturated carbocycles. The van der Waals surface area contributed by atoms with Crippen molar-refractivity contribution in [3.05, 3.63) is 11.6 Å². The predicted octanol–water partition coefficient (Wildman–Crippen LogP) is 3.65. The molecule has 0 radical (unpaired) electrons. The van der Waals surface area contributed by atoms with Gasteiger partial charge in [-0.2, -0.15) is 0 Å². The summed E-state index contributed by atoms with van der Waals surface area (Å²) in [5.41, 5.74) is 0.385. The Morgan fingerprint density at radius 1 is 1.09 bits per heavy atom. The summed E-state index contributed by atoms with van der Waals surface area (Å²) in [6, 6.07) is 0. The lowest BCUT2D eigenvalue weighted by molar-refractivity contribution is -0.182. The summed E-state index contributed by atoms with van der Waals surface area (Å²) < 4.78 is 10.7. The number of rotatable bonds is 4. The predicted molar refractivity (Wildman–Crippen MR) is 86.6 cm³/mol. The summed E-state index contributed by atoms with van der Waals surface area (Å²) in [4.78, 5) is 25.7. The van der Waals surface area contributed by atoms with Crippen molar-refractivity contribution in [3.63, 3.8) is 0 Å². The second-order valence-electron chi connectivity index (χ2n) is 7.09. The van der Waals surface area contributed by atoms with Gasteiger partial charge in [-0.1, -0.05) is 30.9 Å². The van der Waals surface area contributed by atoms with Gasteiger partial charge in [0, 0.05) is 0 Å². The van der Waals surface area contributed by atoms with Crippen LogP contribution < -0.4 is 0 Å². The van der Waals surface area contributed by atoms with Crippen molar-refractivity contribution >= 4 is 11.9 Å². The lowest BCUT2D eigenvalue weighted by atomic mass is 9.50. The van der Waals surface area contributed by atoms with E-state index >= 15 is 0 Å². The fourth-order valence-electron chi connectivity index (χ4n) is 5.01. The molecule has 23 heavy (non-hydrogen) atoms. The van der Waals surface area contributed by atoms with E-state index in [2.05, 4.69) is 6.08 Å². The Bertz CT molecular complexity index is 489. The molecule has 3 unspecified atom stereocenters. The van der Waals surface area contributed by atoms with Crippen LogP contribution in [-0.2, 0) is 19.1 Å². The zero-order valence-corrected chi connectivity index (χ0v) is 14.3. The van der Waals surface area contributed by atoms with Gasteiger partial charge < -0.3 is 9.47 Å². The maximum absolute atomic E-state index is 12.9. The van der Waals surface area contributed by atoms with Crippen LogP contribution in [0.1, 0.15) is 58.8 Å². The molecule has 0 aliphatic heterocycles. The van der Waals surface area contributed by atoms with Crippen LogP contribution in [-0.4, -0.2) is 25.2 Å². The van der Waals surface area contributed by atoms with Crippen LogP contribution in [0.2, 0.25) is 0 Å². The van der Waals surface area contributed by atoms with Crippen molar-refractivity contribution in [2.45, 2.75) is 58.8 Å². The highest BCUT2D eigenvalue weighted by molar-refractivity contribution is 6.01. The summed E-state index contributed by atoms with van der Waals surface area (Å²) in [5.74, 6) is 0.277. The van der Waals surface area contributed by atoms with E-state index in [9.17, 15) is 9.59 Å². The number of carbonyl (C=O) groups excluding carboxylic acids is 2. The third-order valence-electron chi connectivity index (χ3n) is 6.02. The van der Waals surface area contributed by atoms with Crippen molar-refractivity contribution in [3.8, 4) is 0 Å². The van der Waals surface area contributed by atoms with E-state index in [4.69, 9.17) is 9.47 Å². The maximum Gasteiger partial charge on any atom is 0.323 e. The molecular formula is C19H28O4. The molecule has 0 heterocycles. The molecule has 0 bridgehead atoms. The summed E-state index contributed by atoms with van der Waals surface area (Å²) in [7, 11) is 0. The van der Waals surface area contributed by atoms with Crippen LogP contribution in [0.25, 0.3) is 0 Å². The van der Waals surface area contributed by atoms with E-state index in [0.717, 1.165) is 19.3 Å². The molecule has 3 rings (SSSR count). The van der Waals surface area contributed by atoms with Gasteiger partial charge in [-0.15, -0.1) is 0 Å². The van der Waals surface area contributed by atoms with Crippen molar-refractivity contribution in [1.29, 1.82) is 0 Å². The molecule has 4 nitrogen and oxygen atoms in total. The van der Waals surface area contributed by atoms with Gasteiger partial charge in [0.25, 0.3) is 0 Å². The fraction of sp³-hybridized carbons (Fsp3) is 0.789. The maximum atomic E-state index is 12.9. The third-order valence-corrected chi connectivity index (χ3v) is 6.02. The highest BCUT2D eigenvalue weighted by Gasteiger charge is 2.61. The molecule has 0 amide bonds. The molecular weight excluding hydrogens is 292 g/mol. The van der Waals surface area contributed by atoms with E-state index < -0.39 is 5.41 Å². The summed E-state index contributed by atoms with van der Waals surface area (Å²) in [6.45, 7) is 4.22. The number of esters is 2. The van der Waals surface area contributed by atoms with Crippen molar-refractivity contribution < 1.29 is 19.1 Å². The minimum atomic E-state index is -1.08. The standard InChI is InChI=1S/C19H28O4/c1-3-22-17(20)19(18(21)23-4-2)11-10-14-12-13-8-6-5-7-9-15(19)16(13)14/h12-13,15-16H,3-11H2,1-2H3. The number of ether oxygens (including phenoxy) is 2. The Hall–Kier alpha value is -1.32. The highest BCUT2D eigenvalue weighted by Crippen LogP contribution is 2.59. The summed E-state index contributed by atoms with van der Waals surface area (Å²) in [5, 5.41) is 0. The van der Waals surface area contributed by atoms with Crippen molar-refractivity contribution in [2.24, 2.45) is 23.2 Å². The molecule has 0 aromatic rings. The first kappa shape index (κ1) is 16.5. The molecule has 3 aliphatic carbocycles. The Balaban J connectivity index is 1.98. The van der Waals surface area contributed by atoms with Crippen LogP contribution in [0.4, 0.5) is 0 Å². The number of allylic oxidation sites excluding steroid dienone is 2. The first-order valence-corrected chi connectivity index (χ1v) is 9.20. The Morgan fingerprint density at radius 2 is 1.74 bits per heavy atom. The minimum absolute atomic E-state index is 0.0552. The number of hydrogen-bond donors (Lipinski definition) is 0. The zero-order valence-electron chi connectivity index (χ0n) is 14.3. The van der Waals surface area contributed by atoms with Crippen LogP contribution in [0, 0.1) is 23.2 Å².